The molecule has 0 saturated carbocycles. The predicted molar refractivity (Wildman–Crippen MR) is 64.8 cm³/mol. The summed E-state index contributed by atoms with van der Waals surface area (Å²) in [6.07, 6.45) is 4.82. The van der Waals surface area contributed by atoms with E-state index in [4.69, 9.17) is 0 Å². The first-order chi connectivity index (χ1) is 7.51. The maximum atomic E-state index is 11.7. The fraction of sp³-hybridized carbons (Fsp3) is 1.00. The van der Waals surface area contributed by atoms with E-state index in [1.807, 2.05) is 0 Å². The molecule has 0 aromatic rings. The number of rotatable bonds is 4. The Bertz CT molecular complexity index is 330. The fourth-order valence-corrected chi connectivity index (χ4v) is 3.90. The third-order valence-corrected chi connectivity index (χ3v) is 5.75. The van der Waals surface area contributed by atoms with Gasteiger partial charge in [-0.3, -0.25) is 0 Å². The van der Waals surface area contributed by atoms with Gasteiger partial charge in [-0.05, 0) is 38.5 Å². The molecule has 2 aliphatic rings. The lowest BCUT2D eigenvalue weighted by atomic mass is 9.92. The third-order valence-electron chi connectivity index (χ3n) is 3.93. The van der Waals surface area contributed by atoms with Crippen LogP contribution in [0.2, 0.25) is 0 Å². The van der Waals surface area contributed by atoms with E-state index in [1.165, 1.54) is 12.8 Å². The highest BCUT2D eigenvalue weighted by molar-refractivity contribution is 7.89. The quantitative estimate of drug-likeness (QED) is 0.798. The van der Waals surface area contributed by atoms with Crippen LogP contribution in [0.15, 0.2) is 0 Å². The smallest absolute Gasteiger partial charge is 0.213 e. The Kier molecular flexibility index (Phi) is 3.56. The summed E-state index contributed by atoms with van der Waals surface area (Å²) >= 11 is 0. The zero-order chi connectivity index (χ0) is 11.8. The lowest BCUT2D eigenvalue weighted by Crippen LogP contribution is -2.42. The summed E-state index contributed by atoms with van der Waals surface area (Å²) in [6, 6.07) is 1.28. The monoisotopic (exact) mass is 246 g/mol. The number of nitrogens with one attached hydrogen (secondary N) is 1. The van der Waals surface area contributed by atoms with Gasteiger partial charge in [0, 0.05) is 25.7 Å². The molecule has 94 valence electrons. The van der Waals surface area contributed by atoms with Crippen LogP contribution in [0.4, 0.5) is 0 Å². The summed E-state index contributed by atoms with van der Waals surface area (Å²) in [7, 11) is -1.29. The summed E-state index contributed by atoms with van der Waals surface area (Å²) in [5.41, 5.74) is 0. The zero-order valence-electron chi connectivity index (χ0n) is 10.1. The summed E-state index contributed by atoms with van der Waals surface area (Å²) in [6.45, 7) is 2.41. The lowest BCUT2D eigenvalue weighted by molar-refractivity contribution is 0.262. The van der Waals surface area contributed by atoms with Crippen LogP contribution in [0.5, 0.6) is 0 Å². The molecule has 1 N–H and O–H groups in total. The van der Waals surface area contributed by atoms with Gasteiger partial charge in [0.1, 0.15) is 0 Å². The van der Waals surface area contributed by atoms with Crippen molar-refractivity contribution in [2.24, 2.45) is 5.92 Å². The number of nitrogens with zero attached hydrogens (tertiary/aromatic N) is 1. The van der Waals surface area contributed by atoms with Crippen LogP contribution in [-0.4, -0.2) is 44.2 Å². The summed E-state index contributed by atoms with van der Waals surface area (Å²) < 4.78 is 24.9. The highest BCUT2D eigenvalue weighted by Crippen LogP contribution is 2.31. The Balaban J connectivity index is 1.91. The van der Waals surface area contributed by atoms with Crippen molar-refractivity contribution < 1.29 is 8.42 Å². The average Bonchev–Trinajstić information content (AvgIpc) is 2.58. The highest BCUT2D eigenvalue weighted by atomic mass is 32.2. The van der Waals surface area contributed by atoms with Gasteiger partial charge in [-0.15, -0.1) is 0 Å². The molecule has 2 unspecified atom stereocenters. The summed E-state index contributed by atoms with van der Waals surface area (Å²) in [5.74, 6) is 0.756. The van der Waals surface area contributed by atoms with E-state index >= 15 is 0 Å². The van der Waals surface area contributed by atoms with Crippen molar-refractivity contribution in [1.82, 2.24) is 9.62 Å². The standard InChI is InChI=1S/C11H22N2O2S/c1-3-16(14,15)13(2)8-9-6-10-4-5-11(7-9)12-10/h9-12H,3-8H2,1-2H3. The molecule has 16 heavy (non-hydrogen) atoms. The van der Waals surface area contributed by atoms with Crippen molar-refractivity contribution in [3.05, 3.63) is 0 Å². The van der Waals surface area contributed by atoms with Crippen molar-refractivity contribution in [1.29, 1.82) is 0 Å². The van der Waals surface area contributed by atoms with Crippen LogP contribution < -0.4 is 5.32 Å². The Morgan fingerprint density at radius 1 is 1.25 bits per heavy atom. The normalized spacial score (nSPS) is 34.6. The molecule has 0 spiro atoms. The number of piperidine rings is 1. The molecule has 4 nitrogen and oxygen atoms in total. The first kappa shape index (κ1) is 12.3. The average molecular weight is 246 g/mol. The fourth-order valence-electron chi connectivity index (χ4n) is 3.02. The van der Waals surface area contributed by atoms with E-state index in [1.54, 1.807) is 18.3 Å². The highest BCUT2D eigenvalue weighted by Gasteiger charge is 2.34. The zero-order valence-corrected chi connectivity index (χ0v) is 11.0. The molecule has 0 amide bonds. The van der Waals surface area contributed by atoms with Gasteiger partial charge in [-0.25, -0.2) is 12.7 Å². The molecule has 2 atom stereocenters. The van der Waals surface area contributed by atoms with E-state index in [-0.39, 0.29) is 5.75 Å². The second-order valence-electron chi connectivity index (χ2n) is 5.16. The minimum absolute atomic E-state index is 0.210. The summed E-state index contributed by atoms with van der Waals surface area (Å²) in [5, 5.41) is 3.58. The predicted octanol–water partition coefficient (Wildman–Crippen LogP) is 0.798. The minimum atomic E-state index is -3.00. The molecular formula is C11H22N2O2S. The van der Waals surface area contributed by atoms with Crippen molar-refractivity contribution >= 4 is 10.0 Å². The van der Waals surface area contributed by atoms with Crippen LogP contribution in [0.3, 0.4) is 0 Å². The molecule has 0 aliphatic carbocycles. The largest absolute Gasteiger partial charge is 0.311 e. The Morgan fingerprint density at radius 3 is 2.31 bits per heavy atom. The molecule has 5 heteroatoms. The first-order valence-corrected chi connectivity index (χ1v) is 7.82. The third kappa shape index (κ3) is 2.57. The van der Waals surface area contributed by atoms with Crippen molar-refractivity contribution in [2.75, 3.05) is 19.3 Å². The first-order valence-electron chi connectivity index (χ1n) is 6.21. The molecular weight excluding hydrogens is 224 g/mol. The second kappa shape index (κ2) is 4.63. The van der Waals surface area contributed by atoms with Gasteiger partial charge in [0.15, 0.2) is 0 Å². The van der Waals surface area contributed by atoms with Crippen molar-refractivity contribution in [3.63, 3.8) is 0 Å². The number of hydrogen-bond donors (Lipinski definition) is 1. The Morgan fingerprint density at radius 2 is 1.81 bits per heavy atom. The minimum Gasteiger partial charge on any atom is -0.311 e. The Labute approximate surface area is 98.4 Å². The van der Waals surface area contributed by atoms with E-state index in [9.17, 15) is 8.42 Å². The SMILES string of the molecule is CCS(=O)(=O)N(C)CC1CC2CCC(C1)N2. The molecule has 0 aromatic carbocycles. The maximum absolute atomic E-state index is 11.7. The van der Waals surface area contributed by atoms with Gasteiger partial charge in [0.25, 0.3) is 0 Å². The van der Waals surface area contributed by atoms with Crippen LogP contribution >= 0.6 is 0 Å². The van der Waals surface area contributed by atoms with Crippen LogP contribution in [0.1, 0.15) is 32.6 Å². The molecule has 0 radical (unpaired) electrons. The number of fused-ring (bicyclic) bond motifs is 2. The maximum Gasteiger partial charge on any atom is 0.213 e. The van der Waals surface area contributed by atoms with E-state index < -0.39 is 10.0 Å². The lowest BCUT2D eigenvalue weighted by Gasteiger charge is -2.31. The van der Waals surface area contributed by atoms with Gasteiger partial charge in [0.2, 0.25) is 10.0 Å². The van der Waals surface area contributed by atoms with E-state index in [0.29, 0.717) is 24.5 Å². The number of sulfonamides is 1. The van der Waals surface area contributed by atoms with Gasteiger partial charge in [-0.1, -0.05) is 0 Å². The van der Waals surface area contributed by atoms with Gasteiger partial charge >= 0.3 is 0 Å². The van der Waals surface area contributed by atoms with Gasteiger partial charge in [-0.2, -0.15) is 0 Å². The summed E-state index contributed by atoms with van der Waals surface area (Å²) in [4.78, 5) is 0. The molecule has 2 fully saturated rings. The second-order valence-corrected chi connectivity index (χ2v) is 7.52. The van der Waals surface area contributed by atoms with E-state index in [2.05, 4.69) is 5.32 Å². The van der Waals surface area contributed by atoms with Crippen LogP contribution in [0, 0.1) is 5.92 Å². The van der Waals surface area contributed by atoms with Gasteiger partial charge in [0.05, 0.1) is 5.75 Å². The molecule has 2 rings (SSSR count). The Hall–Kier alpha value is -0.130. The van der Waals surface area contributed by atoms with E-state index in [0.717, 1.165) is 12.8 Å². The van der Waals surface area contributed by atoms with Crippen molar-refractivity contribution in [2.45, 2.75) is 44.7 Å². The van der Waals surface area contributed by atoms with Gasteiger partial charge < -0.3 is 5.32 Å². The van der Waals surface area contributed by atoms with Crippen molar-refractivity contribution in [3.8, 4) is 0 Å². The molecule has 2 saturated heterocycles. The van der Waals surface area contributed by atoms with Crippen LogP contribution in [0.25, 0.3) is 0 Å². The topological polar surface area (TPSA) is 49.4 Å². The number of hydrogen-bond acceptors (Lipinski definition) is 3. The molecule has 0 aromatic heterocycles. The molecule has 2 heterocycles. The molecule has 2 bridgehead atoms. The molecule has 2 aliphatic heterocycles. The van der Waals surface area contributed by atoms with Crippen LogP contribution in [-0.2, 0) is 10.0 Å².